The molecule has 3 nitrogen and oxygen atoms in total. The van der Waals surface area contributed by atoms with E-state index in [-0.39, 0.29) is 17.1 Å². The zero-order chi connectivity index (χ0) is 16.0. The average Bonchev–Trinajstić information content (AvgIpc) is 2.96. The minimum atomic E-state index is -0.193. The summed E-state index contributed by atoms with van der Waals surface area (Å²) >= 11 is 0. The molecule has 1 aromatic carbocycles. The van der Waals surface area contributed by atoms with Crippen LogP contribution in [0.5, 0.6) is 0 Å². The van der Waals surface area contributed by atoms with Gasteiger partial charge in [-0.2, -0.15) is 0 Å². The second-order valence-corrected chi connectivity index (χ2v) is 6.90. The highest BCUT2D eigenvalue weighted by Gasteiger charge is 2.40. The van der Waals surface area contributed by atoms with Crippen molar-refractivity contribution in [2.24, 2.45) is 5.92 Å². The second-order valence-electron chi connectivity index (χ2n) is 6.90. The number of Topliss-reactive ketones (excluding diaryl/α,β-unsaturated/α-hetero) is 1. The molecule has 0 saturated carbocycles. The van der Waals surface area contributed by atoms with Gasteiger partial charge in [0.1, 0.15) is 0 Å². The summed E-state index contributed by atoms with van der Waals surface area (Å²) in [6, 6.07) is 14.3. The molecule has 4 rings (SSSR count). The lowest BCUT2D eigenvalue weighted by atomic mass is 9.69. The summed E-state index contributed by atoms with van der Waals surface area (Å²) in [5.41, 5.74) is 3.00. The van der Waals surface area contributed by atoms with Gasteiger partial charge in [0.05, 0.1) is 5.69 Å². The van der Waals surface area contributed by atoms with Crippen LogP contribution in [0.1, 0.15) is 36.3 Å². The Labute approximate surface area is 136 Å². The van der Waals surface area contributed by atoms with Gasteiger partial charge in [0.2, 0.25) is 0 Å². The Morgan fingerprint density at radius 3 is 2.65 bits per heavy atom. The van der Waals surface area contributed by atoms with Gasteiger partial charge >= 0.3 is 0 Å². The zero-order valence-electron chi connectivity index (χ0n) is 13.5. The number of hydrogen-bond acceptors (Lipinski definition) is 2. The molecule has 0 spiro atoms. The Bertz CT molecular complexity index is 877. The van der Waals surface area contributed by atoms with Crippen LogP contribution in [-0.4, -0.2) is 15.3 Å². The maximum atomic E-state index is 13.2. The van der Waals surface area contributed by atoms with Crippen molar-refractivity contribution in [3.63, 3.8) is 0 Å². The van der Waals surface area contributed by atoms with Crippen molar-refractivity contribution in [2.45, 2.75) is 32.2 Å². The predicted octanol–water partition coefficient (Wildman–Crippen LogP) is 4.22. The third-order valence-electron chi connectivity index (χ3n) is 5.32. The third-order valence-corrected chi connectivity index (χ3v) is 5.32. The first-order chi connectivity index (χ1) is 11.1. The Kier molecular flexibility index (Phi) is 3.12. The Balaban J connectivity index is 1.78. The SMILES string of the molecule is CC(C)(c1ccncc1)C1CCn2c(cc3ccccc32)C1=O. The van der Waals surface area contributed by atoms with Crippen molar-refractivity contribution in [1.82, 2.24) is 9.55 Å². The van der Waals surface area contributed by atoms with Gasteiger partial charge in [0, 0.05) is 35.8 Å². The number of fused-ring (bicyclic) bond motifs is 3. The number of nitrogens with zero attached hydrogens (tertiary/aromatic N) is 2. The van der Waals surface area contributed by atoms with Crippen molar-refractivity contribution in [1.29, 1.82) is 0 Å². The number of para-hydroxylation sites is 1. The highest BCUT2D eigenvalue weighted by molar-refractivity contribution is 6.02. The second kappa shape index (κ2) is 5.05. The van der Waals surface area contributed by atoms with E-state index in [2.05, 4.69) is 35.5 Å². The van der Waals surface area contributed by atoms with Crippen LogP contribution in [0.4, 0.5) is 0 Å². The van der Waals surface area contributed by atoms with Crippen LogP contribution in [0.3, 0.4) is 0 Å². The zero-order valence-corrected chi connectivity index (χ0v) is 13.5. The normalized spacial score (nSPS) is 18.2. The molecule has 0 N–H and O–H groups in total. The lowest BCUT2D eigenvalue weighted by Crippen LogP contribution is -2.39. The van der Waals surface area contributed by atoms with Crippen LogP contribution in [0, 0.1) is 5.92 Å². The topological polar surface area (TPSA) is 34.9 Å². The Hall–Kier alpha value is -2.42. The number of aromatic nitrogens is 2. The average molecular weight is 304 g/mol. The van der Waals surface area contributed by atoms with Gasteiger partial charge in [-0.3, -0.25) is 9.78 Å². The van der Waals surface area contributed by atoms with Gasteiger partial charge in [0.15, 0.2) is 5.78 Å². The molecule has 3 heteroatoms. The first-order valence-corrected chi connectivity index (χ1v) is 8.12. The molecule has 0 fully saturated rings. The molecule has 1 aliphatic rings. The summed E-state index contributed by atoms with van der Waals surface area (Å²) in [6.07, 6.45) is 4.49. The summed E-state index contributed by atoms with van der Waals surface area (Å²) in [6.45, 7) is 5.24. The molecular weight excluding hydrogens is 284 g/mol. The minimum Gasteiger partial charge on any atom is -0.338 e. The van der Waals surface area contributed by atoms with E-state index in [1.165, 1.54) is 5.56 Å². The van der Waals surface area contributed by atoms with E-state index in [4.69, 9.17) is 0 Å². The molecule has 1 aliphatic heterocycles. The number of aryl methyl sites for hydroxylation is 1. The van der Waals surface area contributed by atoms with Crippen LogP contribution < -0.4 is 0 Å². The van der Waals surface area contributed by atoms with Crippen molar-refractivity contribution in [3.05, 3.63) is 66.1 Å². The summed E-state index contributed by atoms with van der Waals surface area (Å²) in [5.74, 6) is 0.260. The van der Waals surface area contributed by atoms with Crippen LogP contribution in [-0.2, 0) is 12.0 Å². The fraction of sp³-hybridized carbons (Fsp3) is 0.300. The Morgan fingerprint density at radius 2 is 1.87 bits per heavy atom. The van der Waals surface area contributed by atoms with Crippen molar-refractivity contribution in [3.8, 4) is 0 Å². The number of carbonyl (C=O) groups is 1. The van der Waals surface area contributed by atoms with Gasteiger partial charge in [-0.25, -0.2) is 0 Å². The molecule has 0 bridgehead atoms. The number of hydrogen-bond donors (Lipinski definition) is 0. The molecule has 0 amide bonds. The molecule has 1 unspecified atom stereocenters. The number of ketones is 1. The number of rotatable bonds is 2. The molecule has 3 aromatic rings. The van der Waals surface area contributed by atoms with Crippen molar-refractivity contribution < 1.29 is 4.79 Å². The van der Waals surface area contributed by atoms with Crippen LogP contribution in [0.2, 0.25) is 0 Å². The molecule has 116 valence electrons. The van der Waals surface area contributed by atoms with E-state index in [1.807, 2.05) is 30.3 Å². The monoisotopic (exact) mass is 304 g/mol. The summed E-state index contributed by atoms with van der Waals surface area (Å²) in [7, 11) is 0. The molecule has 23 heavy (non-hydrogen) atoms. The van der Waals surface area contributed by atoms with Gasteiger partial charge in [-0.1, -0.05) is 32.0 Å². The summed E-state index contributed by atoms with van der Waals surface area (Å²) < 4.78 is 2.18. The summed E-state index contributed by atoms with van der Waals surface area (Å²) in [5, 5.41) is 1.15. The maximum Gasteiger partial charge on any atom is 0.183 e. The lowest BCUT2D eigenvalue weighted by molar-refractivity contribution is 0.0811. The molecule has 3 heterocycles. The highest BCUT2D eigenvalue weighted by Crippen LogP contribution is 2.39. The van der Waals surface area contributed by atoms with Gasteiger partial charge in [0.25, 0.3) is 0 Å². The first kappa shape index (κ1) is 14.2. The fourth-order valence-corrected chi connectivity index (χ4v) is 3.89. The fourth-order valence-electron chi connectivity index (χ4n) is 3.89. The quantitative estimate of drug-likeness (QED) is 0.710. The smallest absolute Gasteiger partial charge is 0.183 e. The highest BCUT2D eigenvalue weighted by atomic mass is 16.1. The van der Waals surface area contributed by atoms with E-state index in [0.717, 1.165) is 29.6 Å². The standard InChI is InChI=1S/C20H20N2O/c1-20(2,15-7-10-21-11-8-15)16-9-12-22-17-6-4-3-5-14(17)13-18(22)19(16)23/h3-8,10-11,13,16H,9,12H2,1-2H3. The molecular formula is C20H20N2O. The number of benzene rings is 1. The van der Waals surface area contributed by atoms with Crippen molar-refractivity contribution in [2.75, 3.05) is 0 Å². The lowest BCUT2D eigenvalue weighted by Gasteiger charge is -2.36. The van der Waals surface area contributed by atoms with Crippen molar-refractivity contribution >= 4 is 16.7 Å². The van der Waals surface area contributed by atoms with E-state index in [1.54, 1.807) is 12.4 Å². The molecule has 2 aromatic heterocycles. The molecule has 0 aliphatic carbocycles. The van der Waals surface area contributed by atoms with Crippen LogP contribution in [0.25, 0.3) is 10.9 Å². The number of pyridine rings is 1. The summed E-state index contributed by atoms with van der Waals surface area (Å²) in [4.78, 5) is 17.3. The maximum absolute atomic E-state index is 13.2. The largest absolute Gasteiger partial charge is 0.338 e. The van der Waals surface area contributed by atoms with Gasteiger partial charge in [-0.15, -0.1) is 0 Å². The molecule has 0 radical (unpaired) electrons. The van der Waals surface area contributed by atoms with E-state index >= 15 is 0 Å². The van der Waals surface area contributed by atoms with Crippen LogP contribution >= 0.6 is 0 Å². The van der Waals surface area contributed by atoms with Gasteiger partial charge < -0.3 is 4.57 Å². The van der Waals surface area contributed by atoms with E-state index in [9.17, 15) is 4.79 Å². The van der Waals surface area contributed by atoms with Gasteiger partial charge in [-0.05, 0) is 41.7 Å². The third kappa shape index (κ3) is 2.11. The first-order valence-electron chi connectivity index (χ1n) is 8.12. The Morgan fingerprint density at radius 1 is 1.13 bits per heavy atom. The molecule has 0 saturated heterocycles. The molecule has 1 atom stereocenters. The van der Waals surface area contributed by atoms with Crippen LogP contribution in [0.15, 0.2) is 54.9 Å². The van der Waals surface area contributed by atoms with E-state index < -0.39 is 0 Å². The van der Waals surface area contributed by atoms with E-state index in [0.29, 0.717) is 0 Å². The number of carbonyl (C=O) groups excluding carboxylic acids is 1. The minimum absolute atomic E-state index is 0.00159. The predicted molar refractivity (Wildman–Crippen MR) is 91.6 cm³/mol.